The molecule has 4 bridgehead atoms. The van der Waals surface area contributed by atoms with Gasteiger partial charge in [0.05, 0.1) is 35.5 Å². The minimum absolute atomic E-state index is 0.0185. The van der Waals surface area contributed by atoms with Gasteiger partial charge in [-0.15, -0.1) is 0 Å². The summed E-state index contributed by atoms with van der Waals surface area (Å²) in [5, 5.41) is 49.4. The van der Waals surface area contributed by atoms with E-state index in [1.54, 1.807) is 63.4 Å². The fraction of sp³-hybridized carbons (Fsp3) is 0.442. The quantitative estimate of drug-likeness (QED) is 0.115. The molecule has 0 saturated heterocycles. The molecule has 0 radical (unpaired) electrons. The number of aryl methyl sites for hydroxylation is 1. The number of Topliss-reactive ketones (excluding diaryl/α,β-unsaturated/α-hetero) is 1. The van der Waals surface area contributed by atoms with Crippen molar-refractivity contribution < 1.29 is 53.8 Å². The van der Waals surface area contributed by atoms with E-state index in [-0.39, 0.29) is 55.7 Å². The normalized spacial score (nSPS) is 30.8. The van der Waals surface area contributed by atoms with Gasteiger partial charge in [-0.05, 0) is 44.5 Å². The number of hydrogen-bond donors (Lipinski definition) is 5. The number of ether oxygens (including phenoxy) is 4. The molecule has 14 nitrogen and oxygen atoms in total. The Kier molecular flexibility index (Phi) is 11.2. The van der Waals surface area contributed by atoms with Crippen molar-refractivity contribution in [1.82, 2.24) is 9.38 Å². The Labute approximate surface area is 330 Å². The van der Waals surface area contributed by atoms with Crippen LogP contribution in [0.15, 0.2) is 54.5 Å². The molecule has 0 unspecified atom stereocenters. The van der Waals surface area contributed by atoms with Crippen LogP contribution >= 0.6 is 0 Å². The number of esters is 1. The average molecular weight is 786 g/mol. The zero-order valence-electron chi connectivity index (χ0n) is 33.8. The Morgan fingerprint density at radius 2 is 1.68 bits per heavy atom. The third-order valence-electron chi connectivity index (χ3n) is 11.5. The van der Waals surface area contributed by atoms with E-state index in [2.05, 4.69) is 5.32 Å². The number of phenols is 2. The molecule has 2 aliphatic heterocycles. The smallest absolute Gasteiger partial charge is 0.312 e. The Balaban J connectivity index is 1.58. The molecular weight excluding hydrogens is 734 g/mol. The molecule has 4 aromatic rings. The highest BCUT2D eigenvalue weighted by atomic mass is 16.7. The summed E-state index contributed by atoms with van der Waals surface area (Å²) < 4.78 is 25.5. The number of allylic oxidation sites excluding steroid dienone is 2. The van der Waals surface area contributed by atoms with E-state index in [0.29, 0.717) is 5.65 Å². The van der Waals surface area contributed by atoms with Gasteiger partial charge in [0, 0.05) is 67.3 Å². The van der Waals surface area contributed by atoms with Crippen LogP contribution in [0, 0.1) is 37.5 Å². The molecule has 2 aliphatic rings. The highest BCUT2D eigenvalue weighted by Crippen LogP contribution is 2.54. The van der Waals surface area contributed by atoms with E-state index in [1.807, 2.05) is 19.1 Å². The zero-order valence-corrected chi connectivity index (χ0v) is 33.8. The molecule has 9 atom stereocenters. The third kappa shape index (κ3) is 7.10. The zero-order chi connectivity index (χ0) is 41.8. The summed E-state index contributed by atoms with van der Waals surface area (Å²) in [7, 11) is 1.46. The van der Waals surface area contributed by atoms with E-state index >= 15 is 0 Å². The number of methoxy groups -OCH3 is 1. The van der Waals surface area contributed by atoms with Gasteiger partial charge < -0.3 is 44.7 Å². The standard InChI is InChI=1S/C43H51N3O11/c1-19-14-16-46-28(18-19)44-32-29-30-37(50)25(7)40-31(29)41(52)43(9,57-40)55-17-15-27(54-10)22(4)39(56-26(8)47)24(6)36(49)23(5)35(48)20(2)12-11-13-21(3)42(53)45-33(34(32)46)38(30)51/h11-18,20,22-24,27,35-36,39,48-51H,1-10H3,(H,45,53)/b12-11-,17-15-,21-13-/t20-,22+,23-,24-,27+,35-,36-,39+,43-/m0/s1. The molecule has 0 aliphatic carbocycles. The number of nitrogens with zero attached hydrogens (tertiary/aromatic N) is 2. The molecule has 14 heteroatoms. The minimum Gasteiger partial charge on any atom is -0.507 e. The molecule has 2 aromatic carbocycles. The van der Waals surface area contributed by atoms with Gasteiger partial charge >= 0.3 is 11.8 Å². The maximum absolute atomic E-state index is 14.6. The number of hydrogen-bond acceptors (Lipinski definition) is 12. The van der Waals surface area contributed by atoms with E-state index in [0.717, 1.165) is 5.56 Å². The highest BCUT2D eigenvalue weighted by molar-refractivity contribution is 6.28. The number of anilines is 1. The first-order chi connectivity index (χ1) is 26.8. The number of aromatic nitrogens is 2. The van der Waals surface area contributed by atoms with Crippen molar-refractivity contribution in [3.8, 4) is 17.2 Å². The van der Waals surface area contributed by atoms with E-state index in [1.165, 1.54) is 40.2 Å². The summed E-state index contributed by atoms with van der Waals surface area (Å²) in [6, 6.07) is 3.64. The van der Waals surface area contributed by atoms with Gasteiger partial charge in [0.1, 0.15) is 40.0 Å². The van der Waals surface area contributed by atoms with Crippen LogP contribution in [-0.2, 0) is 23.8 Å². The fourth-order valence-electron chi connectivity index (χ4n) is 8.03. The van der Waals surface area contributed by atoms with E-state index in [4.69, 9.17) is 23.9 Å². The van der Waals surface area contributed by atoms with Crippen molar-refractivity contribution in [2.24, 2.45) is 23.7 Å². The summed E-state index contributed by atoms with van der Waals surface area (Å²) in [6.45, 7) is 14.7. The lowest BCUT2D eigenvalue weighted by Crippen LogP contribution is -2.46. The maximum atomic E-state index is 14.6. The second-order valence-electron chi connectivity index (χ2n) is 15.6. The first kappa shape index (κ1) is 41.2. The van der Waals surface area contributed by atoms with Crippen LogP contribution in [0.3, 0.4) is 0 Å². The molecular formula is C43H51N3O11. The number of rotatable bonds is 2. The summed E-state index contributed by atoms with van der Waals surface area (Å²) in [6.07, 6.45) is 5.62. The lowest BCUT2D eigenvalue weighted by molar-refractivity contribution is -0.160. The number of aliphatic hydroxyl groups excluding tert-OH is 2. The van der Waals surface area contributed by atoms with Gasteiger partial charge in [0.15, 0.2) is 5.75 Å². The second-order valence-corrected chi connectivity index (χ2v) is 15.6. The summed E-state index contributed by atoms with van der Waals surface area (Å²) in [5.41, 5.74) is 2.18. The number of pyridine rings is 1. The number of carbonyl (C=O) groups excluding carboxylic acids is 3. The number of imidazole rings is 1. The molecule has 304 valence electrons. The summed E-state index contributed by atoms with van der Waals surface area (Å²) in [4.78, 5) is 45.6. The van der Waals surface area contributed by atoms with Crippen LogP contribution in [0.2, 0.25) is 0 Å². The van der Waals surface area contributed by atoms with Gasteiger partial charge in [-0.1, -0.05) is 45.9 Å². The van der Waals surface area contributed by atoms with Gasteiger partial charge in [-0.25, -0.2) is 4.98 Å². The summed E-state index contributed by atoms with van der Waals surface area (Å²) >= 11 is 0. The van der Waals surface area contributed by atoms with Crippen LogP contribution in [0.1, 0.15) is 70.0 Å². The SMILES string of the molecule is CO[C@@H]1/C=C\O[C@@]2(C)Oc3c(C)c(O)c4c(O)c(c5c(nc6cc(C)ccn65)c4c3C2=O)NC(=O)/C(C)=C\C=C/[C@H](C)[C@H](O)[C@H](C)[C@H](O)[C@H](C)[C@H](OC(C)=O)[C@@H]1C. The number of aromatic hydroxyl groups is 2. The number of phenolic OH excluding ortho intramolecular Hbond substituents is 2. The number of carbonyl (C=O) groups is 3. The molecule has 0 fully saturated rings. The molecule has 0 spiro atoms. The molecule has 4 heterocycles. The van der Waals surface area contributed by atoms with Gasteiger partial charge in [0.2, 0.25) is 0 Å². The lowest BCUT2D eigenvalue weighted by Gasteiger charge is -2.38. The Morgan fingerprint density at radius 3 is 2.35 bits per heavy atom. The maximum Gasteiger partial charge on any atom is 0.312 e. The molecule has 6 rings (SSSR count). The molecule has 1 amide bonds. The van der Waals surface area contributed by atoms with Crippen LogP contribution in [-0.4, -0.2) is 84.8 Å². The summed E-state index contributed by atoms with van der Waals surface area (Å²) in [5.74, 6) is -6.96. The van der Waals surface area contributed by atoms with E-state index in [9.17, 15) is 34.8 Å². The number of fused-ring (bicyclic) bond motifs is 2. The van der Waals surface area contributed by atoms with Crippen LogP contribution in [0.25, 0.3) is 27.5 Å². The minimum atomic E-state index is -1.96. The molecule has 57 heavy (non-hydrogen) atoms. The second kappa shape index (κ2) is 15.5. The lowest BCUT2D eigenvalue weighted by atomic mass is 9.78. The van der Waals surface area contributed by atoms with Crippen LogP contribution < -0.4 is 10.1 Å². The van der Waals surface area contributed by atoms with Crippen molar-refractivity contribution in [2.75, 3.05) is 12.4 Å². The van der Waals surface area contributed by atoms with Gasteiger partial charge in [-0.3, -0.25) is 18.8 Å². The molecule has 0 saturated carbocycles. The predicted octanol–water partition coefficient (Wildman–Crippen LogP) is 6.16. The van der Waals surface area contributed by atoms with Gasteiger partial charge in [-0.2, -0.15) is 0 Å². The first-order valence-electron chi connectivity index (χ1n) is 19.0. The monoisotopic (exact) mass is 785 g/mol. The molecule has 5 N–H and O–H groups in total. The largest absolute Gasteiger partial charge is 0.507 e. The Morgan fingerprint density at radius 1 is 0.982 bits per heavy atom. The van der Waals surface area contributed by atoms with Gasteiger partial charge in [0.25, 0.3) is 11.7 Å². The topological polar surface area (TPSA) is 198 Å². The number of ketones is 1. The number of aliphatic hydroxyl groups is 2. The van der Waals surface area contributed by atoms with Crippen molar-refractivity contribution in [1.29, 1.82) is 0 Å². The van der Waals surface area contributed by atoms with Crippen molar-refractivity contribution in [3.05, 3.63) is 71.2 Å². The predicted molar refractivity (Wildman–Crippen MR) is 213 cm³/mol. The number of benzene rings is 2. The van der Waals surface area contributed by atoms with E-state index < -0.39 is 77.3 Å². The fourth-order valence-corrected chi connectivity index (χ4v) is 8.03. The van der Waals surface area contributed by atoms with Crippen LogP contribution in [0.5, 0.6) is 17.2 Å². The third-order valence-corrected chi connectivity index (χ3v) is 11.5. The van der Waals surface area contributed by atoms with Crippen LogP contribution in [0.4, 0.5) is 5.69 Å². The molecule has 2 aromatic heterocycles. The van der Waals surface area contributed by atoms with Crippen molar-refractivity contribution >= 4 is 50.8 Å². The average Bonchev–Trinajstić information content (AvgIpc) is 3.67. The first-order valence-corrected chi connectivity index (χ1v) is 19.0. The van der Waals surface area contributed by atoms with Crippen molar-refractivity contribution in [3.63, 3.8) is 0 Å². The Hall–Kier alpha value is -5.44. The number of nitrogens with one attached hydrogen (secondary N) is 1. The highest BCUT2D eigenvalue weighted by Gasteiger charge is 2.50. The van der Waals surface area contributed by atoms with Crippen molar-refractivity contribution in [2.45, 2.75) is 92.5 Å². The number of amides is 1. The Bertz CT molecular complexity index is 2380.